The van der Waals surface area contributed by atoms with Crippen molar-refractivity contribution in [2.45, 2.75) is 0 Å². The number of halogens is 2. The van der Waals surface area contributed by atoms with Crippen LogP contribution in [-0.4, -0.2) is 36.4 Å². The third-order valence-corrected chi connectivity index (χ3v) is 4.47. The van der Waals surface area contributed by atoms with Crippen molar-refractivity contribution in [2.24, 2.45) is 0 Å². The Morgan fingerprint density at radius 2 is 1.61 bits per heavy atom. The van der Waals surface area contributed by atoms with E-state index in [0.717, 1.165) is 11.1 Å². The molecule has 120 valence electrons. The largest absolute Gasteiger partial charge is 0.429 e. The van der Waals surface area contributed by atoms with Gasteiger partial charge in [0.25, 0.3) is 5.17 Å². The van der Waals surface area contributed by atoms with Gasteiger partial charge in [0.1, 0.15) is 0 Å². The molecule has 0 spiro atoms. The number of morpholine rings is 1. The Hall–Kier alpha value is -1.33. The molecule has 1 fully saturated rings. The topological polar surface area (TPSA) is 21.7 Å². The van der Waals surface area contributed by atoms with E-state index in [1.54, 1.807) is 0 Å². The molecule has 3 nitrogen and oxygen atoms in total. The van der Waals surface area contributed by atoms with Gasteiger partial charge < -0.3 is 14.4 Å². The zero-order chi connectivity index (χ0) is 16.2. The van der Waals surface area contributed by atoms with Crippen molar-refractivity contribution < 1.29 is 9.47 Å². The predicted molar refractivity (Wildman–Crippen MR) is 97.5 cm³/mol. The minimum Gasteiger partial charge on any atom is -0.429 e. The van der Waals surface area contributed by atoms with Crippen LogP contribution in [0.4, 0.5) is 0 Å². The van der Waals surface area contributed by atoms with E-state index in [0.29, 0.717) is 47.3 Å². The highest BCUT2D eigenvalue weighted by atomic mass is 35.5. The van der Waals surface area contributed by atoms with E-state index in [1.165, 1.54) is 0 Å². The van der Waals surface area contributed by atoms with Gasteiger partial charge in [-0.05, 0) is 35.5 Å². The molecule has 0 aromatic heterocycles. The van der Waals surface area contributed by atoms with Crippen LogP contribution >= 0.6 is 35.4 Å². The van der Waals surface area contributed by atoms with Gasteiger partial charge in [0, 0.05) is 13.1 Å². The lowest BCUT2D eigenvalue weighted by Gasteiger charge is -2.28. The molecule has 3 rings (SSSR count). The second-order valence-corrected chi connectivity index (χ2v) is 6.27. The Labute approximate surface area is 150 Å². The fraction of sp³-hybridized carbons (Fsp3) is 0.235. The van der Waals surface area contributed by atoms with Crippen LogP contribution in [0.25, 0.3) is 11.1 Å². The Balaban J connectivity index is 1.82. The van der Waals surface area contributed by atoms with Gasteiger partial charge in [-0.2, -0.15) is 0 Å². The lowest BCUT2D eigenvalue weighted by Crippen LogP contribution is -2.42. The molecule has 1 heterocycles. The van der Waals surface area contributed by atoms with E-state index < -0.39 is 0 Å². The molecule has 0 bridgehead atoms. The normalized spacial score (nSPS) is 14.6. The smallest absolute Gasteiger partial charge is 0.265 e. The first kappa shape index (κ1) is 16.5. The van der Waals surface area contributed by atoms with E-state index >= 15 is 0 Å². The molecule has 1 aliphatic heterocycles. The second kappa shape index (κ2) is 7.49. The molecule has 1 aliphatic rings. The van der Waals surface area contributed by atoms with Crippen LogP contribution in [0.1, 0.15) is 0 Å². The molecule has 0 amide bonds. The van der Waals surface area contributed by atoms with Crippen molar-refractivity contribution in [3.63, 3.8) is 0 Å². The number of rotatable bonds is 2. The summed E-state index contributed by atoms with van der Waals surface area (Å²) in [5, 5.41) is 1.24. The standard InChI is InChI=1S/C17H15Cl2NO2S/c18-14-10-13(12-4-2-1-3-5-12)11-15(19)16(14)22-17(23)20-6-8-21-9-7-20/h1-5,10-11H,6-9H2. The predicted octanol–water partition coefficient (Wildman–Crippen LogP) is 4.66. The maximum absolute atomic E-state index is 6.36. The molecule has 23 heavy (non-hydrogen) atoms. The van der Waals surface area contributed by atoms with Crippen LogP contribution in [0, 0.1) is 0 Å². The van der Waals surface area contributed by atoms with Crippen molar-refractivity contribution in [1.82, 2.24) is 4.90 Å². The van der Waals surface area contributed by atoms with E-state index in [9.17, 15) is 0 Å². The van der Waals surface area contributed by atoms with Crippen molar-refractivity contribution >= 4 is 40.6 Å². The molecular formula is C17H15Cl2NO2S. The number of ether oxygens (including phenoxy) is 2. The monoisotopic (exact) mass is 367 g/mol. The first-order chi connectivity index (χ1) is 11.1. The van der Waals surface area contributed by atoms with E-state index in [1.807, 2.05) is 47.4 Å². The summed E-state index contributed by atoms with van der Waals surface area (Å²) in [5.74, 6) is 0.393. The van der Waals surface area contributed by atoms with Crippen LogP contribution in [0.3, 0.4) is 0 Å². The lowest BCUT2D eigenvalue weighted by atomic mass is 10.1. The number of thiocarbonyl (C=S) groups is 1. The van der Waals surface area contributed by atoms with Crippen LogP contribution in [0.5, 0.6) is 5.75 Å². The first-order valence-corrected chi connectivity index (χ1v) is 8.40. The summed E-state index contributed by atoms with van der Waals surface area (Å²) >= 11 is 18.0. The molecule has 6 heteroatoms. The highest BCUT2D eigenvalue weighted by Gasteiger charge is 2.19. The van der Waals surface area contributed by atoms with Gasteiger partial charge in [0.05, 0.1) is 23.3 Å². The van der Waals surface area contributed by atoms with Crippen LogP contribution in [0.2, 0.25) is 10.0 Å². The van der Waals surface area contributed by atoms with Gasteiger partial charge >= 0.3 is 0 Å². The number of hydrogen-bond acceptors (Lipinski definition) is 3. The molecule has 0 aliphatic carbocycles. The summed E-state index contributed by atoms with van der Waals surface area (Å²) in [5.41, 5.74) is 1.98. The summed E-state index contributed by atoms with van der Waals surface area (Å²) in [6.45, 7) is 2.68. The molecule has 0 N–H and O–H groups in total. The number of benzene rings is 2. The number of hydrogen-bond donors (Lipinski definition) is 0. The fourth-order valence-electron chi connectivity index (χ4n) is 2.35. The second-order valence-electron chi connectivity index (χ2n) is 5.10. The van der Waals surface area contributed by atoms with Crippen molar-refractivity contribution in [1.29, 1.82) is 0 Å². The lowest BCUT2D eigenvalue weighted by molar-refractivity contribution is 0.0631. The number of nitrogens with zero attached hydrogens (tertiary/aromatic N) is 1. The summed E-state index contributed by atoms with van der Waals surface area (Å²) in [4.78, 5) is 1.94. The molecule has 0 unspecified atom stereocenters. The first-order valence-electron chi connectivity index (χ1n) is 7.24. The third-order valence-electron chi connectivity index (χ3n) is 3.56. The van der Waals surface area contributed by atoms with Crippen molar-refractivity contribution in [2.75, 3.05) is 26.3 Å². The zero-order valence-electron chi connectivity index (χ0n) is 12.3. The van der Waals surface area contributed by atoms with Gasteiger partial charge in [0.2, 0.25) is 0 Å². The Kier molecular flexibility index (Phi) is 5.38. The van der Waals surface area contributed by atoms with Gasteiger partial charge in [-0.25, -0.2) is 0 Å². The molecule has 2 aromatic rings. The molecule has 2 aromatic carbocycles. The van der Waals surface area contributed by atoms with Crippen molar-refractivity contribution in [3.05, 3.63) is 52.5 Å². The molecule has 0 saturated carbocycles. The highest BCUT2D eigenvalue weighted by molar-refractivity contribution is 7.80. The Bertz CT molecular complexity index is 680. The van der Waals surface area contributed by atoms with Gasteiger partial charge in [-0.1, -0.05) is 53.5 Å². The highest BCUT2D eigenvalue weighted by Crippen LogP contribution is 2.37. The van der Waals surface area contributed by atoms with E-state index in [-0.39, 0.29) is 0 Å². The quantitative estimate of drug-likeness (QED) is 0.719. The molecule has 0 atom stereocenters. The van der Waals surface area contributed by atoms with E-state index in [4.69, 9.17) is 44.9 Å². The van der Waals surface area contributed by atoms with Gasteiger partial charge in [-0.15, -0.1) is 0 Å². The summed E-state index contributed by atoms with van der Waals surface area (Å²) in [7, 11) is 0. The minimum absolute atomic E-state index is 0.365. The Morgan fingerprint density at radius 3 is 2.22 bits per heavy atom. The van der Waals surface area contributed by atoms with Crippen LogP contribution < -0.4 is 4.74 Å². The summed E-state index contributed by atoms with van der Waals surface area (Å²) in [6, 6.07) is 13.6. The van der Waals surface area contributed by atoms with Crippen LogP contribution in [-0.2, 0) is 4.74 Å². The molecule has 1 saturated heterocycles. The van der Waals surface area contributed by atoms with Gasteiger partial charge in [-0.3, -0.25) is 0 Å². The molecular weight excluding hydrogens is 353 g/mol. The SMILES string of the molecule is S=C(Oc1c(Cl)cc(-c2ccccc2)cc1Cl)N1CCOCC1. The van der Waals surface area contributed by atoms with Gasteiger partial charge in [0.15, 0.2) is 5.75 Å². The maximum atomic E-state index is 6.36. The van der Waals surface area contributed by atoms with Crippen LogP contribution in [0.15, 0.2) is 42.5 Å². The summed E-state index contributed by atoms with van der Waals surface area (Å²) in [6.07, 6.45) is 0. The minimum atomic E-state index is 0.365. The Morgan fingerprint density at radius 1 is 1.00 bits per heavy atom. The summed E-state index contributed by atoms with van der Waals surface area (Å²) < 4.78 is 11.0. The average Bonchev–Trinajstić information content (AvgIpc) is 2.59. The zero-order valence-corrected chi connectivity index (χ0v) is 14.6. The third kappa shape index (κ3) is 3.96. The molecule has 0 radical (unpaired) electrons. The maximum Gasteiger partial charge on any atom is 0.265 e. The average molecular weight is 368 g/mol. The van der Waals surface area contributed by atoms with E-state index in [2.05, 4.69) is 0 Å². The van der Waals surface area contributed by atoms with Crippen molar-refractivity contribution in [3.8, 4) is 16.9 Å². The fourth-order valence-corrected chi connectivity index (χ4v) is 3.18.